The Morgan fingerprint density at radius 1 is 1.03 bits per heavy atom. The molecule has 9 heteroatoms. The Morgan fingerprint density at radius 3 is 2.61 bits per heavy atom. The van der Waals surface area contributed by atoms with Gasteiger partial charge in [-0.25, -0.2) is 0 Å². The van der Waals surface area contributed by atoms with E-state index in [0.717, 1.165) is 55.7 Å². The highest BCUT2D eigenvalue weighted by molar-refractivity contribution is 5.96. The van der Waals surface area contributed by atoms with Gasteiger partial charge in [-0.15, -0.1) is 10.2 Å². The van der Waals surface area contributed by atoms with Gasteiger partial charge in [0.15, 0.2) is 11.5 Å². The highest BCUT2D eigenvalue weighted by atomic mass is 16.4. The first-order valence-electron chi connectivity index (χ1n) is 11.3. The maximum atomic E-state index is 9.16. The number of benzene rings is 1. The van der Waals surface area contributed by atoms with E-state index in [4.69, 9.17) is 10.2 Å². The predicted molar refractivity (Wildman–Crippen MR) is 126 cm³/mol. The van der Waals surface area contributed by atoms with Crippen LogP contribution < -0.4 is 4.90 Å². The minimum absolute atomic E-state index is 0.215. The minimum atomic E-state index is -0.215. The van der Waals surface area contributed by atoms with E-state index in [0.29, 0.717) is 17.1 Å². The molecule has 2 aliphatic rings. The molecule has 4 aromatic rings. The Morgan fingerprint density at radius 2 is 1.85 bits per heavy atom. The van der Waals surface area contributed by atoms with Crippen molar-refractivity contribution in [3.05, 3.63) is 59.7 Å². The molecule has 0 amide bonds. The second-order valence-electron chi connectivity index (χ2n) is 9.17. The topological polar surface area (TPSA) is 95.0 Å². The van der Waals surface area contributed by atoms with Gasteiger partial charge in [0.1, 0.15) is 11.4 Å². The summed E-state index contributed by atoms with van der Waals surface area (Å²) >= 11 is 0. The molecule has 1 saturated heterocycles. The second-order valence-corrected chi connectivity index (χ2v) is 9.17. The van der Waals surface area contributed by atoms with E-state index in [9.17, 15) is 0 Å². The highest BCUT2D eigenvalue weighted by Gasteiger charge is 2.50. The quantitative estimate of drug-likeness (QED) is 0.295. The molecule has 2 fully saturated rings. The zero-order valence-electron chi connectivity index (χ0n) is 18.8. The van der Waals surface area contributed by atoms with E-state index in [1.807, 2.05) is 12.3 Å². The van der Waals surface area contributed by atoms with E-state index in [1.165, 1.54) is 11.3 Å². The summed E-state index contributed by atoms with van der Waals surface area (Å²) in [6.45, 7) is 5.89. The van der Waals surface area contributed by atoms with Gasteiger partial charge in [-0.2, -0.15) is 9.61 Å². The van der Waals surface area contributed by atoms with E-state index in [-0.39, 0.29) is 5.41 Å². The summed E-state index contributed by atoms with van der Waals surface area (Å²) in [5, 5.41) is 27.1. The minimum Gasteiger partial charge on any atom is -0.411 e. The number of rotatable bonds is 4. The van der Waals surface area contributed by atoms with Crippen molar-refractivity contribution in [1.29, 1.82) is 0 Å². The van der Waals surface area contributed by atoms with Gasteiger partial charge < -0.3 is 15.0 Å². The van der Waals surface area contributed by atoms with Crippen LogP contribution in [0.15, 0.2) is 47.8 Å². The lowest BCUT2D eigenvalue weighted by Gasteiger charge is -2.33. The predicted octanol–water partition coefficient (Wildman–Crippen LogP) is 2.70. The SMILES string of the molecule is C/C(=N\O)c1ccc2nnc(C3(c4ccc5ncc(N6CCN(C)CC6)cc5c4)CC3)n2n1. The first-order chi connectivity index (χ1) is 16.1. The molecule has 168 valence electrons. The van der Waals surface area contributed by atoms with Gasteiger partial charge in [0, 0.05) is 31.6 Å². The van der Waals surface area contributed by atoms with Crippen molar-refractivity contribution in [3.63, 3.8) is 0 Å². The van der Waals surface area contributed by atoms with E-state index in [2.05, 4.69) is 61.6 Å². The molecule has 1 N–H and O–H groups in total. The molecular formula is C24H26N8O. The number of anilines is 1. The summed E-state index contributed by atoms with van der Waals surface area (Å²) < 4.78 is 1.79. The van der Waals surface area contributed by atoms with Crippen LogP contribution in [0, 0.1) is 0 Å². The number of oxime groups is 1. The van der Waals surface area contributed by atoms with Gasteiger partial charge in [0.25, 0.3) is 0 Å². The van der Waals surface area contributed by atoms with Crippen LogP contribution in [0.5, 0.6) is 0 Å². The fourth-order valence-electron chi connectivity index (χ4n) is 4.75. The molecule has 1 aliphatic carbocycles. The fourth-order valence-corrected chi connectivity index (χ4v) is 4.75. The van der Waals surface area contributed by atoms with Crippen LogP contribution in [0.2, 0.25) is 0 Å². The summed E-state index contributed by atoms with van der Waals surface area (Å²) in [4.78, 5) is 9.50. The largest absolute Gasteiger partial charge is 0.411 e. The van der Waals surface area contributed by atoms with Crippen LogP contribution in [0.1, 0.15) is 36.8 Å². The highest BCUT2D eigenvalue weighted by Crippen LogP contribution is 2.53. The summed E-state index contributed by atoms with van der Waals surface area (Å²) in [6, 6.07) is 12.4. The zero-order valence-corrected chi connectivity index (χ0v) is 18.8. The van der Waals surface area contributed by atoms with Crippen molar-refractivity contribution in [2.45, 2.75) is 25.2 Å². The Bertz CT molecular complexity index is 1380. The molecule has 9 nitrogen and oxygen atoms in total. The van der Waals surface area contributed by atoms with Crippen molar-refractivity contribution >= 4 is 27.9 Å². The molecule has 1 saturated carbocycles. The average molecular weight is 443 g/mol. The van der Waals surface area contributed by atoms with Crippen LogP contribution >= 0.6 is 0 Å². The van der Waals surface area contributed by atoms with E-state index < -0.39 is 0 Å². The normalized spacial score (nSPS) is 18.8. The third-order valence-corrected chi connectivity index (χ3v) is 7.05. The van der Waals surface area contributed by atoms with Crippen LogP contribution in [-0.2, 0) is 5.41 Å². The number of nitrogens with zero attached hydrogens (tertiary/aromatic N) is 8. The maximum Gasteiger partial charge on any atom is 0.177 e. The standard InChI is InChI=1S/C24H26N8O/c1-16(29-33)20-5-6-22-26-27-23(32(22)28-20)24(7-8-24)18-3-4-21-17(13-18)14-19(15-25-21)31-11-9-30(2)10-12-31/h3-6,13-15,33H,7-12H2,1-2H3/b29-16+. The summed E-state index contributed by atoms with van der Waals surface area (Å²) in [5.74, 6) is 0.827. The van der Waals surface area contributed by atoms with Gasteiger partial charge in [-0.1, -0.05) is 11.2 Å². The number of aromatic nitrogens is 5. The first kappa shape index (κ1) is 20.0. The summed E-state index contributed by atoms with van der Waals surface area (Å²) in [5.41, 5.74) is 4.90. The third-order valence-electron chi connectivity index (χ3n) is 7.05. The van der Waals surface area contributed by atoms with Gasteiger partial charge >= 0.3 is 0 Å². The van der Waals surface area contributed by atoms with Crippen LogP contribution in [0.25, 0.3) is 16.6 Å². The number of hydrogen-bond donors (Lipinski definition) is 1. The molecule has 1 aromatic carbocycles. The number of pyridine rings is 1. The average Bonchev–Trinajstić information content (AvgIpc) is 3.55. The molecule has 4 heterocycles. The van der Waals surface area contributed by atoms with Crippen LogP contribution in [-0.4, -0.2) is 73.8 Å². The van der Waals surface area contributed by atoms with Crippen molar-refractivity contribution in [1.82, 2.24) is 29.7 Å². The van der Waals surface area contributed by atoms with Crippen LogP contribution in [0.4, 0.5) is 5.69 Å². The number of fused-ring (bicyclic) bond motifs is 2. The van der Waals surface area contributed by atoms with E-state index >= 15 is 0 Å². The molecular weight excluding hydrogens is 416 g/mol. The molecule has 3 aromatic heterocycles. The molecule has 0 radical (unpaired) electrons. The maximum absolute atomic E-state index is 9.16. The molecule has 33 heavy (non-hydrogen) atoms. The van der Waals surface area contributed by atoms with Crippen molar-refractivity contribution < 1.29 is 5.21 Å². The smallest absolute Gasteiger partial charge is 0.177 e. The lowest BCUT2D eigenvalue weighted by Crippen LogP contribution is -2.44. The van der Waals surface area contributed by atoms with Gasteiger partial charge in [0.2, 0.25) is 0 Å². The lowest BCUT2D eigenvalue weighted by atomic mass is 9.93. The summed E-state index contributed by atoms with van der Waals surface area (Å²) in [6.07, 6.45) is 3.97. The molecule has 0 atom stereocenters. The molecule has 1 aliphatic heterocycles. The Hall–Kier alpha value is -3.59. The van der Waals surface area contributed by atoms with Crippen molar-refractivity contribution in [3.8, 4) is 0 Å². The van der Waals surface area contributed by atoms with Crippen molar-refractivity contribution in [2.75, 3.05) is 38.1 Å². The molecule has 0 spiro atoms. The Balaban J connectivity index is 1.40. The fraction of sp³-hybridized carbons (Fsp3) is 0.375. The Labute approximate surface area is 191 Å². The zero-order chi connectivity index (χ0) is 22.6. The van der Waals surface area contributed by atoms with Gasteiger partial charge in [0.05, 0.1) is 22.8 Å². The van der Waals surface area contributed by atoms with Crippen molar-refractivity contribution in [2.24, 2.45) is 5.16 Å². The summed E-state index contributed by atoms with van der Waals surface area (Å²) in [7, 11) is 2.17. The van der Waals surface area contributed by atoms with Gasteiger partial charge in [-0.05, 0) is 62.7 Å². The van der Waals surface area contributed by atoms with Crippen LogP contribution in [0.3, 0.4) is 0 Å². The lowest BCUT2D eigenvalue weighted by molar-refractivity contribution is 0.313. The number of hydrogen-bond acceptors (Lipinski definition) is 8. The van der Waals surface area contributed by atoms with E-state index in [1.54, 1.807) is 17.5 Å². The third kappa shape index (κ3) is 3.31. The number of likely N-dealkylation sites (N-methyl/N-ethyl adjacent to an activating group) is 1. The molecule has 0 unspecified atom stereocenters. The molecule has 6 rings (SSSR count). The second kappa shape index (κ2) is 7.48. The molecule has 0 bridgehead atoms. The first-order valence-corrected chi connectivity index (χ1v) is 11.3. The Kier molecular flexibility index (Phi) is 4.55. The monoisotopic (exact) mass is 442 g/mol. The number of piperazine rings is 1. The van der Waals surface area contributed by atoms with Gasteiger partial charge in [-0.3, -0.25) is 4.98 Å².